The summed E-state index contributed by atoms with van der Waals surface area (Å²) in [6.07, 6.45) is 3.54. The van der Waals surface area contributed by atoms with Crippen LogP contribution in [0, 0.1) is 20.2 Å². The van der Waals surface area contributed by atoms with Crippen LogP contribution in [0.4, 0.5) is 22.7 Å². The zero-order valence-corrected chi connectivity index (χ0v) is 21.3. The first-order valence-electron chi connectivity index (χ1n) is 12.3. The normalized spacial score (nSPS) is 13.3. The second-order valence-electron chi connectivity index (χ2n) is 9.07. The Morgan fingerprint density at radius 3 is 1.34 bits per heavy atom. The largest absolute Gasteiger partial charge is 0.454 e. The second kappa shape index (κ2) is 10.8. The molecule has 0 aliphatic carbocycles. The van der Waals surface area contributed by atoms with Crippen LogP contribution in [0.3, 0.4) is 0 Å². The molecule has 0 bridgehead atoms. The molecular formula is C29H20N4O8. The van der Waals surface area contributed by atoms with Crippen molar-refractivity contribution in [1.82, 2.24) is 0 Å². The first-order chi connectivity index (χ1) is 19.9. The molecule has 0 spiro atoms. The van der Waals surface area contributed by atoms with Crippen LogP contribution < -0.4 is 18.9 Å². The van der Waals surface area contributed by atoms with Gasteiger partial charge in [0.25, 0.3) is 11.4 Å². The summed E-state index contributed by atoms with van der Waals surface area (Å²) < 4.78 is 21.1. The highest BCUT2D eigenvalue weighted by atomic mass is 16.7. The lowest BCUT2D eigenvalue weighted by molar-refractivity contribution is -0.385. The fraction of sp³-hybridized carbons (Fsp3) is 0.103. The third-order valence-electron chi connectivity index (χ3n) is 6.42. The molecule has 12 heteroatoms. The lowest BCUT2D eigenvalue weighted by Crippen LogP contribution is -1.95. The van der Waals surface area contributed by atoms with E-state index in [-0.39, 0.29) is 25.0 Å². The summed E-state index contributed by atoms with van der Waals surface area (Å²) in [5, 5.41) is 22.9. The first kappa shape index (κ1) is 25.5. The van der Waals surface area contributed by atoms with Crippen LogP contribution in [0.1, 0.15) is 22.3 Å². The minimum absolute atomic E-state index is 0.0242. The van der Waals surface area contributed by atoms with Crippen molar-refractivity contribution in [2.75, 3.05) is 13.6 Å². The fourth-order valence-corrected chi connectivity index (χ4v) is 4.34. The van der Waals surface area contributed by atoms with Crippen molar-refractivity contribution in [3.8, 4) is 23.0 Å². The fourth-order valence-electron chi connectivity index (χ4n) is 4.34. The average molecular weight is 552 g/mol. The Hall–Kier alpha value is -5.78. The van der Waals surface area contributed by atoms with Crippen LogP contribution in [-0.4, -0.2) is 35.9 Å². The van der Waals surface area contributed by atoms with E-state index in [0.717, 1.165) is 11.1 Å². The minimum atomic E-state index is -0.482. The van der Waals surface area contributed by atoms with E-state index < -0.39 is 9.85 Å². The molecule has 6 rings (SSSR count). The van der Waals surface area contributed by atoms with E-state index in [4.69, 9.17) is 18.9 Å². The number of benzene rings is 4. The summed E-state index contributed by atoms with van der Waals surface area (Å²) in [6.45, 7) is 0.0485. The van der Waals surface area contributed by atoms with Gasteiger partial charge in [0.2, 0.25) is 13.6 Å². The van der Waals surface area contributed by atoms with Gasteiger partial charge in [-0.05, 0) is 53.9 Å². The highest BCUT2D eigenvalue weighted by Gasteiger charge is 2.23. The van der Waals surface area contributed by atoms with Crippen molar-refractivity contribution in [3.63, 3.8) is 0 Å². The molecule has 0 saturated heterocycles. The molecular weight excluding hydrogens is 532 g/mol. The molecule has 0 fully saturated rings. The maximum atomic E-state index is 11.5. The van der Waals surface area contributed by atoms with Gasteiger partial charge in [0.15, 0.2) is 23.0 Å². The predicted octanol–water partition coefficient (Wildman–Crippen LogP) is 6.05. The van der Waals surface area contributed by atoms with Gasteiger partial charge in [0, 0.05) is 12.4 Å². The Bertz CT molecular complexity index is 1590. The molecule has 0 aromatic heterocycles. The highest BCUT2D eigenvalue weighted by Crippen LogP contribution is 2.38. The molecule has 204 valence electrons. The van der Waals surface area contributed by atoms with E-state index in [2.05, 4.69) is 9.98 Å². The van der Waals surface area contributed by atoms with Crippen LogP contribution in [-0.2, 0) is 6.42 Å². The van der Waals surface area contributed by atoms with Crippen molar-refractivity contribution < 1.29 is 28.8 Å². The van der Waals surface area contributed by atoms with E-state index in [1.807, 2.05) is 48.5 Å². The lowest BCUT2D eigenvalue weighted by Gasteiger charge is -2.04. The topological polar surface area (TPSA) is 148 Å². The van der Waals surface area contributed by atoms with E-state index in [1.165, 1.54) is 24.6 Å². The summed E-state index contributed by atoms with van der Waals surface area (Å²) in [7, 11) is 0. The van der Waals surface area contributed by atoms with Gasteiger partial charge in [-0.25, -0.2) is 0 Å². The van der Waals surface area contributed by atoms with Gasteiger partial charge in [-0.3, -0.25) is 30.2 Å². The monoisotopic (exact) mass is 552 g/mol. The highest BCUT2D eigenvalue weighted by molar-refractivity contribution is 5.89. The van der Waals surface area contributed by atoms with Gasteiger partial charge in [-0.1, -0.05) is 24.3 Å². The lowest BCUT2D eigenvalue weighted by atomic mass is 10.0. The number of fused-ring (bicyclic) bond motifs is 2. The molecule has 41 heavy (non-hydrogen) atoms. The van der Waals surface area contributed by atoms with Gasteiger partial charge >= 0.3 is 0 Å². The van der Waals surface area contributed by atoms with Crippen molar-refractivity contribution in [3.05, 3.63) is 115 Å². The third-order valence-corrected chi connectivity index (χ3v) is 6.42. The molecule has 0 unspecified atom stereocenters. The van der Waals surface area contributed by atoms with Crippen molar-refractivity contribution >= 4 is 35.2 Å². The number of nitro benzene ring substituents is 2. The molecule has 4 aromatic rings. The summed E-state index contributed by atoms with van der Waals surface area (Å²) >= 11 is 0. The minimum Gasteiger partial charge on any atom is -0.454 e. The van der Waals surface area contributed by atoms with Crippen molar-refractivity contribution in [1.29, 1.82) is 0 Å². The van der Waals surface area contributed by atoms with E-state index in [0.29, 0.717) is 51.9 Å². The first-order valence-corrected chi connectivity index (χ1v) is 12.3. The average Bonchev–Trinajstić information content (AvgIpc) is 3.64. The van der Waals surface area contributed by atoms with Crippen LogP contribution in [0.2, 0.25) is 0 Å². The maximum Gasteiger partial charge on any atom is 0.282 e. The van der Waals surface area contributed by atoms with Crippen LogP contribution in [0.15, 0.2) is 82.8 Å². The van der Waals surface area contributed by atoms with Gasteiger partial charge in [-0.15, -0.1) is 0 Å². The molecule has 2 heterocycles. The molecule has 0 amide bonds. The predicted molar refractivity (Wildman–Crippen MR) is 149 cm³/mol. The number of nitrogens with zero attached hydrogens (tertiary/aromatic N) is 4. The molecule has 2 aliphatic rings. The maximum absolute atomic E-state index is 11.5. The number of nitro groups is 2. The Morgan fingerprint density at radius 1 is 0.610 bits per heavy atom. The standard InChI is InChI=1S/C29H20N4O8/c34-32(35)24-12-28-26(38-16-40-28)10-20(24)14-30-22-5-1-18(2-6-22)9-19-3-7-23(8-4-19)31-15-21-11-27-29(41-17-39-27)13-25(21)33(36)37/h1-8,10-15H,9,16-17H2. The second-order valence-corrected chi connectivity index (χ2v) is 9.07. The Balaban J connectivity index is 1.11. The van der Waals surface area contributed by atoms with Gasteiger partial charge < -0.3 is 18.9 Å². The van der Waals surface area contributed by atoms with Gasteiger partial charge in [-0.2, -0.15) is 0 Å². The molecule has 12 nitrogen and oxygen atoms in total. The number of hydrogen-bond donors (Lipinski definition) is 0. The SMILES string of the molecule is O=[N+]([O-])c1cc2c(cc1C=Nc1ccc(Cc3ccc(N=Cc4cc5c(cc4[N+](=O)[O-])OCO5)cc3)cc1)OCO2. The molecule has 0 radical (unpaired) electrons. The van der Waals surface area contributed by atoms with Gasteiger partial charge in [0.1, 0.15) is 0 Å². The van der Waals surface area contributed by atoms with Crippen LogP contribution in [0.5, 0.6) is 23.0 Å². The molecule has 0 atom stereocenters. The Kier molecular flexibility index (Phi) is 6.70. The van der Waals surface area contributed by atoms with Gasteiger partial charge in [0.05, 0.1) is 44.5 Å². The smallest absolute Gasteiger partial charge is 0.282 e. The molecule has 2 aliphatic heterocycles. The third kappa shape index (κ3) is 5.52. The summed E-state index contributed by atoms with van der Waals surface area (Å²) in [4.78, 5) is 30.7. The number of ether oxygens (including phenoxy) is 4. The summed E-state index contributed by atoms with van der Waals surface area (Å²) in [5.41, 5.74) is 3.79. The number of hydrogen-bond acceptors (Lipinski definition) is 10. The zero-order chi connectivity index (χ0) is 28.3. The quantitative estimate of drug-likeness (QED) is 0.146. The molecule has 0 saturated carbocycles. The zero-order valence-electron chi connectivity index (χ0n) is 21.3. The van der Waals surface area contributed by atoms with E-state index in [1.54, 1.807) is 12.1 Å². The Morgan fingerprint density at radius 2 is 0.976 bits per heavy atom. The molecule has 0 N–H and O–H groups in total. The number of rotatable bonds is 8. The van der Waals surface area contributed by atoms with Crippen molar-refractivity contribution in [2.24, 2.45) is 9.98 Å². The van der Waals surface area contributed by atoms with E-state index in [9.17, 15) is 20.2 Å². The van der Waals surface area contributed by atoms with Crippen molar-refractivity contribution in [2.45, 2.75) is 6.42 Å². The summed E-state index contributed by atoms with van der Waals surface area (Å²) in [6, 6.07) is 20.8. The van der Waals surface area contributed by atoms with Crippen LogP contribution in [0.25, 0.3) is 0 Å². The van der Waals surface area contributed by atoms with Crippen LogP contribution >= 0.6 is 0 Å². The Labute approximate surface area is 232 Å². The summed E-state index contributed by atoms with van der Waals surface area (Å²) in [5.74, 6) is 1.56. The van der Waals surface area contributed by atoms with E-state index >= 15 is 0 Å². The number of aliphatic imine (C=N–C) groups is 2. The molecule has 4 aromatic carbocycles.